The van der Waals surface area contributed by atoms with Gasteiger partial charge < -0.3 is 5.73 Å². The van der Waals surface area contributed by atoms with Crippen molar-refractivity contribution < 1.29 is 8.42 Å². The normalized spacial score (nSPS) is 10.7. The van der Waals surface area contributed by atoms with Crippen LogP contribution in [0.2, 0.25) is 5.15 Å². The Balaban J connectivity index is 2.49. The van der Waals surface area contributed by atoms with Gasteiger partial charge in [0.1, 0.15) is 0 Å². The van der Waals surface area contributed by atoms with Crippen LogP contribution in [0.3, 0.4) is 0 Å². The topological polar surface area (TPSA) is 89.2 Å². The average molecular weight is 337 g/mol. The van der Waals surface area contributed by atoms with E-state index in [4.69, 9.17) is 17.3 Å². The van der Waals surface area contributed by atoms with Gasteiger partial charge in [-0.05, 0) is 18.2 Å². The number of aromatic nitrogens is 2. The Bertz CT molecular complexity index is 872. The lowest BCUT2D eigenvalue weighted by Crippen LogP contribution is -2.26. The fourth-order valence-electron chi connectivity index (χ4n) is 1.59. The molecule has 0 spiro atoms. The maximum absolute atomic E-state index is 11.6. The van der Waals surface area contributed by atoms with E-state index in [2.05, 4.69) is 21.8 Å². The average Bonchev–Trinajstić information content (AvgIpc) is 2.47. The molecule has 0 amide bonds. The van der Waals surface area contributed by atoms with Crippen LogP contribution in [-0.2, 0) is 10.0 Å². The van der Waals surface area contributed by atoms with Crippen molar-refractivity contribution in [3.05, 3.63) is 46.9 Å². The Morgan fingerprint density at radius 3 is 2.55 bits per heavy atom. The summed E-state index contributed by atoms with van der Waals surface area (Å²) in [5.41, 5.74) is 7.04. The minimum absolute atomic E-state index is 0.173. The predicted molar refractivity (Wildman–Crippen MR) is 87.1 cm³/mol. The van der Waals surface area contributed by atoms with Crippen LogP contribution in [0.25, 0.3) is 0 Å². The summed E-state index contributed by atoms with van der Waals surface area (Å²) in [7, 11) is -2.01. The van der Waals surface area contributed by atoms with E-state index in [1.807, 2.05) is 0 Å². The van der Waals surface area contributed by atoms with Crippen LogP contribution in [0.1, 0.15) is 11.1 Å². The molecule has 2 N–H and O–H groups in total. The molecule has 2 heterocycles. The van der Waals surface area contributed by atoms with E-state index in [9.17, 15) is 8.42 Å². The molecule has 0 aliphatic rings. The molecule has 0 radical (unpaired) electrons. The summed E-state index contributed by atoms with van der Waals surface area (Å²) >= 11 is 5.83. The van der Waals surface area contributed by atoms with Crippen LogP contribution in [0.15, 0.2) is 30.6 Å². The summed E-state index contributed by atoms with van der Waals surface area (Å²) in [6.45, 7) is 0. The quantitative estimate of drug-likeness (QED) is 0.663. The van der Waals surface area contributed by atoms with Gasteiger partial charge in [-0.2, -0.15) is 0 Å². The fraction of sp³-hybridized carbons (Fsp3) is 0.143. The second-order valence-electron chi connectivity index (χ2n) is 4.42. The number of rotatable bonds is 2. The van der Waals surface area contributed by atoms with E-state index in [-0.39, 0.29) is 16.7 Å². The highest BCUT2D eigenvalue weighted by Crippen LogP contribution is 2.20. The van der Waals surface area contributed by atoms with E-state index in [1.54, 1.807) is 18.2 Å². The van der Waals surface area contributed by atoms with Gasteiger partial charge in [-0.3, -0.25) is 4.31 Å². The molecule has 6 nitrogen and oxygen atoms in total. The molecule has 2 rings (SSSR count). The third kappa shape index (κ3) is 3.47. The molecule has 0 bridgehead atoms. The number of anilines is 2. The second kappa shape index (κ2) is 6.22. The molecular weight excluding hydrogens is 324 g/mol. The van der Waals surface area contributed by atoms with Crippen molar-refractivity contribution >= 4 is 33.1 Å². The van der Waals surface area contributed by atoms with Gasteiger partial charge in [-0.1, -0.05) is 23.4 Å². The molecule has 0 atom stereocenters. The van der Waals surface area contributed by atoms with Crippen molar-refractivity contribution in [3.63, 3.8) is 0 Å². The maximum atomic E-state index is 11.6. The second-order valence-corrected chi connectivity index (χ2v) is 6.79. The first-order chi connectivity index (χ1) is 10.3. The van der Waals surface area contributed by atoms with Crippen molar-refractivity contribution in [2.75, 3.05) is 23.3 Å². The van der Waals surface area contributed by atoms with E-state index in [0.29, 0.717) is 11.1 Å². The van der Waals surface area contributed by atoms with Gasteiger partial charge >= 0.3 is 0 Å². The third-order valence-corrected chi connectivity index (χ3v) is 4.32. The van der Waals surface area contributed by atoms with Gasteiger partial charge in [0.15, 0.2) is 11.0 Å². The Labute approximate surface area is 134 Å². The van der Waals surface area contributed by atoms with Gasteiger partial charge in [0.2, 0.25) is 10.0 Å². The Kier molecular flexibility index (Phi) is 4.54. The zero-order valence-corrected chi connectivity index (χ0v) is 13.5. The summed E-state index contributed by atoms with van der Waals surface area (Å²) < 4.78 is 24.4. The Morgan fingerprint density at radius 2 is 1.86 bits per heavy atom. The molecule has 114 valence electrons. The smallest absolute Gasteiger partial charge is 0.233 e. The summed E-state index contributed by atoms with van der Waals surface area (Å²) in [5.74, 6) is 5.97. The molecule has 0 aliphatic carbocycles. The molecule has 2 aromatic heterocycles. The maximum Gasteiger partial charge on any atom is 0.233 e. The number of hydrogen-bond donors (Lipinski definition) is 1. The fourth-order valence-corrected chi connectivity index (χ4v) is 2.21. The summed E-state index contributed by atoms with van der Waals surface area (Å²) in [6.07, 6.45) is 4.09. The van der Waals surface area contributed by atoms with Crippen molar-refractivity contribution in [1.82, 2.24) is 9.97 Å². The molecule has 0 fully saturated rings. The van der Waals surface area contributed by atoms with Crippen molar-refractivity contribution in [1.29, 1.82) is 0 Å². The van der Waals surface area contributed by atoms with E-state index < -0.39 is 10.0 Å². The lowest BCUT2D eigenvalue weighted by Gasteiger charge is -2.16. The number of sulfonamides is 1. The van der Waals surface area contributed by atoms with Crippen molar-refractivity contribution in [2.45, 2.75) is 0 Å². The summed E-state index contributed by atoms with van der Waals surface area (Å²) in [4.78, 5) is 7.92. The first-order valence-electron chi connectivity index (χ1n) is 6.11. The van der Waals surface area contributed by atoms with E-state index >= 15 is 0 Å². The largest absolute Gasteiger partial charge is 0.395 e. The first-order valence-corrected chi connectivity index (χ1v) is 8.34. The number of nitrogens with zero attached hydrogens (tertiary/aromatic N) is 3. The highest BCUT2D eigenvalue weighted by Gasteiger charge is 2.16. The zero-order valence-electron chi connectivity index (χ0n) is 11.9. The van der Waals surface area contributed by atoms with Crippen LogP contribution in [0, 0.1) is 11.8 Å². The van der Waals surface area contributed by atoms with Crippen LogP contribution in [0.5, 0.6) is 0 Å². The van der Waals surface area contributed by atoms with Gasteiger partial charge in [0, 0.05) is 19.4 Å². The zero-order chi connectivity index (χ0) is 16.3. The van der Waals surface area contributed by atoms with Crippen molar-refractivity contribution in [2.24, 2.45) is 0 Å². The van der Waals surface area contributed by atoms with Gasteiger partial charge in [0.25, 0.3) is 0 Å². The monoisotopic (exact) mass is 336 g/mol. The number of nitrogens with two attached hydrogens (primary N) is 1. The van der Waals surface area contributed by atoms with Crippen LogP contribution in [0.4, 0.5) is 11.5 Å². The lowest BCUT2D eigenvalue weighted by molar-refractivity contribution is 0.600. The predicted octanol–water partition coefficient (Wildman–Crippen LogP) is 1.51. The van der Waals surface area contributed by atoms with E-state index in [0.717, 1.165) is 10.6 Å². The Morgan fingerprint density at radius 1 is 1.18 bits per heavy atom. The van der Waals surface area contributed by atoms with Gasteiger partial charge in [-0.25, -0.2) is 18.4 Å². The van der Waals surface area contributed by atoms with Crippen LogP contribution >= 0.6 is 11.6 Å². The molecule has 22 heavy (non-hydrogen) atoms. The van der Waals surface area contributed by atoms with Crippen molar-refractivity contribution in [3.8, 4) is 11.8 Å². The van der Waals surface area contributed by atoms with E-state index in [1.165, 1.54) is 19.4 Å². The molecule has 2 aromatic rings. The standard InChI is InChI=1S/C14H13ClN4O2S/c1-19(22(2,20)21)14-11(4-3-8-18-14)6-5-10-7-9-17-13(15)12(10)16/h3-4,7-9H,16H2,1-2H3. The molecule has 0 aliphatic heterocycles. The highest BCUT2D eigenvalue weighted by atomic mass is 35.5. The SMILES string of the molecule is CN(c1ncccc1C#Cc1ccnc(Cl)c1N)S(C)(=O)=O. The molecule has 0 saturated heterocycles. The Hall–Kier alpha value is -2.30. The summed E-state index contributed by atoms with van der Waals surface area (Å²) in [5, 5.41) is 0.173. The minimum atomic E-state index is -3.43. The molecular formula is C14H13ClN4O2S. The lowest BCUT2D eigenvalue weighted by atomic mass is 10.2. The first kappa shape index (κ1) is 16.1. The molecule has 0 unspecified atom stereocenters. The number of pyridine rings is 2. The number of hydrogen-bond acceptors (Lipinski definition) is 5. The third-order valence-electron chi connectivity index (χ3n) is 2.86. The van der Waals surface area contributed by atoms with Gasteiger partial charge in [0.05, 0.1) is 23.1 Å². The molecule has 0 saturated carbocycles. The number of halogens is 1. The molecule has 8 heteroatoms. The highest BCUT2D eigenvalue weighted by molar-refractivity contribution is 7.92. The minimum Gasteiger partial charge on any atom is -0.395 e. The summed E-state index contributed by atoms with van der Waals surface area (Å²) in [6, 6.07) is 4.98. The number of nitrogen functional groups attached to an aromatic ring is 1. The van der Waals surface area contributed by atoms with Crippen LogP contribution < -0.4 is 10.0 Å². The van der Waals surface area contributed by atoms with Gasteiger partial charge in [-0.15, -0.1) is 0 Å². The molecule has 0 aromatic carbocycles. The van der Waals surface area contributed by atoms with Crippen LogP contribution in [-0.4, -0.2) is 31.7 Å².